The Hall–Kier alpha value is -2.15. The van der Waals surface area contributed by atoms with E-state index >= 15 is 0 Å². The number of nitrogens with zero attached hydrogens (tertiary/aromatic N) is 4. The Bertz CT molecular complexity index is 321. The van der Waals surface area contributed by atoms with Crippen LogP contribution >= 0.6 is 0 Å². The Morgan fingerprint density at radius 3 is 1.80 bits per heavy atom. The Kier molecular flexibility index (Phi) is 8.51. The number of pyridine rings is 1. The maximum atomic E-state index is 7.32. The zero-order valence-corrected chi connectivity index (χ0v) is 8.91. The van der Waals surface area contributed by atoms with Crippen molar-refractivity contribution in [2.45, 2.75) is 6.92 Å². The number of nitriles is 1. The lowest BCUT2D eigenvalue weighted by atomic mass is 10.5. The van der Waals surface area contributed by atoms with Crippen LogP contribution in [0.25, 0.3) is 0 Å². The average molecular weight is 202 g/mol. The molecule has 0 fully saturated rings. The number of aryl methyl sites for hydroxylation is 1. The summed E-state index contributed by atoms with van der Waals surface area (Å²) >= 11 is 0. The van der Waals surface area contributed by atoms with Gasteiger partial charge in [0.25, 0.3) is 0 Å². The Morgan fingerprint density at radius 2 is 1.67 bits per heavy atom. The lowest BCUT2D eigenvalue weighted by Gasteiger charge is -1.76. The minimum atomic E-state index is 1.43. The molecule has 4 heteroatoms. The summed E-state index contributed by atoms with van der Waals surface area (Å²) in [7, 11) is 1.94. The first kappa shape index (κ1) is 12.8. The molecule has 0 radical (unpaired) electrons. The third-order valence-electron chi connectivity index (χ3n) is 1.20. The lowest BCUT2D eigenvalue weighted by molar-refractivity contribution is 0.913. The number of hydrogen-bond acceptors (Lipinski definition) is 3. The number of imidazole rings is 1. The highest BCUT2D eigenvalue weighted by Gasteiger charge is 1.69. The van der Waals surface area contributed by atoms with Crippen molar-refractivity contribution >= 4 is 0 Å². The van der Waals surface area contributed by atoms with Crippen LogP contribution in [0.1, 0.15) is 6.92 Å². The van der Waals surface area contributed by atoms with Crippen molar-refractivity contribution in [1.29, 1.82) is 5.26 Å². The van der Waals surface area contributed by atoms with Gasteiger partial charge in [0.2, 0.25) is 0 Å². The maximum absolute atomic E-state index is 7.32. The van der Waals surface area contributed by atoms with Gasteiger partial charge in [0.15, 0.2) is 0 Å². The van der Waals surface area contributed by atoms with E-state index in [0.717, 1.165) is 0 Å². The summed E-state index contributed by atoms with van der Waals surface area (Å²) in [6, 6.07) is 7.47. The molecular weight excluding hydrogens is 188 g/mol. The molecule has 2 rings (SSSR count). The van der Waals surface area contributed by atoms with Gasteiger partial charge in [-0.15, -0.1) is 0 Å². The second-order valence-corrected chi connectivity index (χ2v) is 2.48. The van der Waals surface area contributed by atoms with Crippen LogP contribution in [-0.2, 0) is 7.05 Å². The molecule has 0 aromatic carbocycles. The number of hydrogen-bond donors (Lipinski definition) is 0. The van der Waals surface area contributed by atoms with Gasteiger partial charge in [0.1, 0.15) is 0 Å². The molecule has 0 aliphatic heterocycles. The van der Waals surface area contributed by atoms with Gasteiger partial charge in [-0.05, 0) is 12.1 Å². The fourth-order valence-electron chi connectivity index (χ4n) is 0.638. The van der Waals surface area contributed by atoms with Crippen molar-refractivity contribution in [1.82, 2.24) is 14.5 Å². The van der Waals surface area contributed by atoms with E-state index in [1.54, 1.807) is 31.0 Å². The first-order valence-electron chi connectivity index (χ1n) is 4.39. The highest BCUT2D eigenvalue weighted by atomic mass is 15.0. The highest BCUT2D eigenvalue weighted by Crippen LogP contribution is 1.74. The molecule has 0 bridgehead atoms. The molecule has 2 aromatic rings. The molecule has 4 nitrogen and oxygen atoms in total. The molecule has 0 aliphatic rings. The average Bonchev–Trinajstić information content (AvgIpc) is 2.74. The van der Waals surface area contributed by atoms with Crippen LogP contribution in [-0.4, -0.2) is 14.5 Å². The zero-order valence-electron chi connectivity index (χ0n) is 8.91. The van der Waals surface area contributed by atoms with Crippen molar-refractivity contribution < 1.29 is 0 Å². The van der Waals surface area contributed by atoms with Gasteiger partial charge >= 0.3 is 0 Å². The van der Waals surface area contributed by atoms with E-state index in [-0.39, 0.29) is 0 Å². The molecule has 0 amide bonds. The summed E-state index contributed by atoms with van der Waals surface area (Å²) in [5.41, 5.74) is 0. The fourth-order valence-corrected chi connectivity index (χ4v) is 0.638. The van der Waals surface area contributed by atoms with Crippen molar-refractivity contribution in [2.24, 2.45) is 7.05 Å². The Balaban J connectivity index is 0.000000210. The van der Waals surface area contributed by atoms with Crippen molar-refractivity contribution in [3.05, 3.63) is 49.3 Å². The molecule has 0 aliphatic carbocycles. The predicted octanol–water partition coefficient (Wildman–Crippen LogP) is 2.03. The van der Waals surface area contributed by atoms with E-state index in [9.17, 15) is 0 Å². The topological polar surface area (TPSA) is 54.5 Å². The van der Waals surface area contributed by atoms with Gasteiger partial charge in [-0.1, -0.05) is 6.07 Å². The van der Waals surface area contributed by atoms with Crippen molar-refractivity contribution in [2.75, 3.05) is 0 Å². The van der Waals surface area contributed by atoms with Gasteiger partial charge in [-0.2, -0.15) is 5.26 Å². The standard InChI is InChI=1S/C5H5N.C4H6N2.C2H3N/c1-2-4-6-5-3-1;1-6-3-2-5-4-6;1-2-3/h1-5H;2-4H,1H3;1H3. The highest BCUT2D eigenvalue weighted by molar-refractivity contribution is 4.88. The summed E-state index contributed by atoms with van der Waals surface area (Å²) in [5, 5.41) is 7.32. The minimum absolute atomic E-state index is 1.43. The molecule has 2 heterocycles. The summed E-state index contributed by atoms with van der Waals surface area (Å²) in [5.74, 6) is 0. The van der Waals surface area contributed by atoms with Gasteiger partial charge in [-0.25, -0.2) is 4.98 Å². The van der Waals surface area contributed by atoms with E-state index in [1.807, 2.05) is 36.0 Å². The lowest BCUT2D eigenvalue weighted by Crippen LogP contribution is -1.76. The van der Waals surface area contributed by atoms with Crippen LogP contribution in [0.15, 0.2) is 49.3 Å². The first-order chi connectivity index (χ1) is 7.31. The van der Waals surface area contributed by atoms with Crippen LogP contribution < -0.4 is 0 Å². The Labute approximate surface area is 89.8 Å². The van der Waals surface area contributed by atoms with Gasteiger partial charge in [-0.3, -0.25) is 4.98 Å². The summed E-state index contributed by atoms with van der Waals surface area (Å²) in [6.45, 7) is 1.43. The van der Waals surface area contributed by atoms with Gasteiger partial charge in [0, 0.05) is 38.8 Å². The van der Waals surface area contributed by atoms with Crippen LogP contribution in [0.3, 0.4) is 0 Å². The zero-order chi connectivity index (χ0) is 11.4. The second-order valence-electron chi connectivity index (χ2n) is 2.48. The third kappa shape index (κ3) is 9.77. The number of rotatable bonds is 0. The largest absolute Gasteiger partial charge is 0.341 e. The molecule has 0 atom stereocenters. The van der Waals surface area contributed by atoms with E-state index in [0.29, 0.717) is 0 Å². The fraction of sp³-hybridized carbons (Fsp3) is 0.182. The number of aromatic nitrogens is 3. The van der Waals surface area contributed by atoms with Crippen LogP contribution in [0, 0.1) is 11.3 Å². The van der Waals surface area contributed by atoms with E-state index in [2.05, 4.69) is 9.97 Å². The summed E-state index contributed by atoms with van der Waals surface area (Å²) in [6.07, 6.45) is 8.89. The minimum Gasteiger partial charge on any atom is -0.341 e. The maximum Gasteiger partial charge on any atom is 0.0943 e. The Morgan fingerprint density at radius 1 is 1.07 bits per heavy atom. The predicted molar refractivity (Wildman–Crippen MR) is 58.7 cm³/mol. The third-order valence-corrected chi connectivity index (χ3v) is 1.20. The van der Waals surface area contributed by atoms with Crippen molar-refractivity contribution in [3.8, 4) is 6.07 Å². The SMILES string of the molecule is CC#N.Cn1ccnc1.c1ccncc1. The molecule has 15 heavy (non-hydrogen) atoms. The van der Waals surface area contributed by atoms with E-state index < -0.39 is 0 Å². The van der Waals surface area contributed by atoms with Gasteiger partial charge in [0.05, 0.1) is 12.4 Å². The molecule has 0 saturated heterocycles. The molecule has 2 aromatic heterocycles. The van der Waals surface area contributed by atoms with Crippen LogP contribution in [0.5, 0.6) is 0 Å². The van der Waals surface area contributed by atoms with Crippen LogP contribution in [0.2, 0.25) is 0 Å². The first-order valence-corrected chi connectivity index (χ1v) is 4.39. The second kappa shape index (κ2) is 9.93. The molecule has 0 unspecified atom stereocenters. The van der Waals surface area contributed by atoms with E-state index in [1.165, 1.54) is 6.92 Å². The molecular formula is C11H14N4. The summed E-state index contributed by atoms with van der Waals surface area (Å²) in [4.78, 5) is 7.57. The smallest absolute Gasteiger partial charge is 0.0943 e. The molecule has 0 N–H and O–H groups in total. The normalized spacial score (nSPS) is 7.27. The van der Waals surface area contributed by atoms with Crippen LogP contribution in [0.4, 0.5) is 0 Å². The van der Waals surface area contributed by atoms with Crippen molar-refractivity contribution in [3.63, 3.8) is 0 Å². The van der Waals surface area contributed by atoms with E-state index in [4.69, 9.17) is 5.26 Å². The quantitative estimate of drug-likeness (QED) is 0.656. The molecule has 78 valence electrons. The monoisotopic (exact) mass is 202 g/mol. The molecule has 0 spiro atoms. The molecule has 0 saturated carbocycles. The summed E-state index contributed by atoms with van der Waals surface area (Å²) < 4.78 is 1.89. The van der Waals surface area contributed by atoms with Gasteiger partial charge < -0.3 is 4.57 Å².